The second-order valence-corrected chi connectivity index (χ2v) is 5.91. The van der Waals surface area contributed by atoms with Gasteiger partial charge in [0.25, 0.3) is 0 Å². The number of pyridine rings is 1. The average Bonchev–Trinajstić information content (AvgIpc) is 2.98. The zero-order valence-corrected chi connectivity index (χ0v) is 11.9. The van der Waals surface area contributed by atoms with Crippen molar-refractivity contribution >= 4 is 11.5 Å². The van der Waals surface area contributed by atoms with E-state index in [4.69, 9.17) is 0 Å². The molecule has 1 aromatic carbocycles. The molecule has 3 heteroatoms. The molecule has 1 aromatic heterocycles. The lowest BCUT2D eigenvalue weighted by molar-refractivity contribution is 0.0958. The average molecular weight is 278 g/mol. The molecule has 3 nitrogen and oxygen atoms in total. The lowest BCUT2D eigenvalue weighted by Crippen LogP contribution is -2.15. The van der Waals surface area contributed by atoms with Gasteiger partial charge in [0.15, 0.2) is 5.78 Å². The lowest BCUT2D eigenvalue weighted by Gasteiger charge is -2.19. The summed E-state index contributed by atoms with van der Waals surface area (Å²) in [6.07, 6.45) is 5.84. The van der Waals surface area contributed by atoms with Crippen molar-refractivity contribution in [3.63, 3.8) is 0 Å². The maximum absolute atomic E-state index is 12.8. The number of hydrogen-bond acceptors (Lipinski definition) is 3. The molecule has 1 N–H and O–H groups in total. The van der Waals surface area contributed by atoms with E-state index in [9.17, 15) is 4.79 Å². The molecule has 21 heavy (non-hydrogen) atoms. The third-order valence-electron chi connectivity index (χ3n) is 4.60. The number of nitrogens with one attached hydrogen (secondary N) is 1. The lowest BCUT2D eigenvalue weighted by atomic mass is 9.92. The maximum atomic E-state index is 12.8. The van der Waals surface area contributed by atoms with E-state index in [2.05, 4.69) is 28.5 Å². The summed E-state index contributed by atoms with van der Waals surface area (Å²) in [5.74, 6) is 0.164. The number of benzene rings is 1. The van der Waals surface area contributed by atoms with Gasteiger partial charge in [0, 0.05) is 24.0 Å². The van der Waals surface area contributed by atoms with Crippen LogP contribution in [0.15, 0.2) is 36.5 Å². The summed E-state index contributed by atoms with van der Waals surface area (Å²) in [6.45, 7) is 1.03. The number of hydrogen-bond donors (Lipinski definition) is 1. The first-order chi connectivity index (χ1) is 10.3. The second kappa shape index (κ2) is 4.99. The summed E-state index contributed by atoms with van der Waals surface area (Å²) in [5, 5.41) is 3.39. The first-order valence-electron chi connectivity index (χ1n) is 7.68. The Balaban J connectivity index is 1.67. The minimum atomic E-state index is -0.0594. The van der Waals surface area contributed by atoms with Crippen molar-refractivity contribution in [2.75, 3.05) is 11.9 Å². The Morgan fingerprint density at radius 3 is 3.10 bits per heavy atom. The van der Waals surface area contributed by atoms with Gasteiger partial charge in [-0.2, -0.15) is 0 Å². The maximum Gasteiger partial charge on any atom is 0.171 e. The largest absolute Gasteiger partial charge is 0.385 e. The van der Waals surface area contributed by atoms with Crippen LogP contribution in [0.4, 0.5) is 5.69 Å². The minimum Gasteiger partial charge on any atom is -0.385 e. The first-order valence-corrected chi connectivity index (χ1v) is 7.68. The Hall–Kier alpha value is -2.16. The van der Waals surface area contributed by atoms with E-state index in [1.807, 2.05) is 12.1 Å². The van der Waals surface area contributed by atoms with Gasteiger partial charge in [0.05, 0.1) is 11.6 Å². The highest BCUT2D eigenvalue weighted by molar-refractivity contribution is 6.01. The fourth-order valence-electron chi connectivity index (χ4n) is 3.50. The van der Waals surface area contributed by atoms with Crippen LogP contribution < -0.4 is 5.32 Å². The zero-order valence-electron chi connectivity index (χ0n) is 11.9. The monoisotopic (exact) mass is 278 g/mol. The van der Waals surface area contributed by atoms with E-state index < -0.39 is 0 Å². The van der Waals surface area contributed by atoms with E-state index in [-0.39, 0.29) is 11.7 Å². The summed E-state index contributed by atoms with van der Waals surface area (Å²) in [6, 6.07) is 10.1. The number of Topliss-reactive ketones (excluding diaryl/α,β-unsaturated/α-hetero) is 1. The molecule has 0 spiro atoms. The number of ketones is 1. The summed E-state index contributed by atoms with van der Waals surface area (Å²) < 4.78 is 0. The van der Waals surface area contributed by atoms with Gasteiger partial charge in [-0.3, -0.25) is 9.78 Å². The van der Waals surface area contributed by atoms with E-state index in [1.54, 1.807) is 6.20 Å². The van der Waals surface area contributed by atoms with Crippen LogP contribution in [0.5, 0.6) is 0 Å². The molecular weight excluding hydrogens is 260 g/mol. The molecule has 106 valence electrons. The van der Waals surface area contributed by atoms with Crippen molar-refractivity contribution in [3.05, 3.63) is 58.9 Å². The fourth-order valence-corrected chi connectivity index (χ4v) is 3.50. The van der Waals surface area contributed by atoms with Crippen LogP contribution in [-0.2, 0) is 12.8 Å². The van der Waals surface area contributed by atoms with Crippen molar-refractivity contribution in [3.8, 4) is 0 Å². The van der Waals surface area contributed by atoms with Gasteiger partial charge in [-0.05, 0) is 61.1 Å². The summed E-state index contributed by atoms with van der Waals surface area (Å²) in [5.41, 5.74) is 5.50. The molecule has 2 heterocycles. The summed E-state index contributed by atoms with van der Waals surface area (Å²) in [4.78, 5) is 17.3. The van der Waals surface area contributed by atoms with Crippen LogP contribution in [0.25, 0.3) is 0 Å². The topological polar surface area (TPSA) is 42.0 Å². The molecule has 1 atom stereocenters. The van der Waals surface area contributed by atoms with Gasteiger partial charge in [0.2, 0.25) is 0 Å². The smallest absolute Gasteiger partial charge is 0.171 e. The Morgan fingerprint density at radius 1 is 1.19 bits per heavy atom. The minimum absolute atomic E-state index is 0.0594. The van der Waals surface area contributed by atoms with Crippen LogP contribution in [0.1, 0.15) is 45.9 Å². The normalized spacial score (nSPS) is 19.5. The highest BCUT2D eigenvalue weighted by Crippen LogP contribution is 2.34. The van der Waals surface area contributed by atoms with Gasteiger partial charge in [-0.25, -0.2) is 0 Å². The fraction of sp³-hybridized carbons (Fsp3) is 0.333. The molecule has 0 saturated heterocycles. The molecule has 2 aliphatic rings. The predicted octanol–water partition coefficient (Wildman–Crippen LogP) is 3.35. The molecule has 0 fully saturated rings. The van der Waals surface area contributed by atoms with Gasteiger partial charge < -0.3 is 5.32 Å². The Morgan fingerprint density at radius 2 is 2.14 bits per heavy atom. The molecule has 0 saturated carbocycles. The predicted molar refractivity (Wildman–Crippen MR) is 82.9 cm³/mol. The molecular formula is C18H18N2O. The Bertz CT molecular complexity index is 708. The van der Waals surface area contributed by atoms with Crippen LogP contribution in [0.2, 0.25) is 0 Å². The van der Waals surface area contributed by atoms with E-state index in [0.717, 1.165) is 43.5 Å². The number of carbonyl (C=O) groups excluding carboxylic acids is 1. The third-order valence-corrected chi connectivity index (χ3v) is 4.60. The Labute approximate surface area is 124 Å². The number of rotatable bonds is 2. The second-order valence-electron chi connectivity index (χ2n) is 5.91. The molecule has 1 aliphatic heterocycles. The quantitative estimate of drug-likeness (QED) is 0.857. The third kappa shape index (κ3) is 2.13. The molecule has 0 bridgehead atoms. The number of nitrogens with zero attached hydrogens (tertiary/aromatic N) is 1. The Kier molecular flexibility index (Phi) is 2.99. The van der Waals surface area contributed by atoms with Crippen LogP contribution >= 0.6 is 0 Å². The van der Waals surface area contributed by atoms with E-state index in [1.165, 1.54) is 16.8 Å². The molecule has 2 aromatic rings. The van der Waals surface area contributed by atoms with Gasteiger partial charge >= 0.3 is 0 Å². The summed E-state index contributed by atoms with van der Waals surface area (Å²) in [7, 11) is 0. The van der Waals surface area contributed by atoms with Crippen LogP contribution in [0, 0.1) is 0 Å². The van der Waals surface area contributed by atoms with Crippen molar-refractivity contribution in [1.29, 1.82) is 0 Å². The van der Waals surface area contributed by atoms with Crippen molar-refractivity contribution in [1.82, 2.24) is 4.98 Å². The number of fused-ring (bicyclic) bond motifs is 2. The van der Waals surface area contributed by atoms with Crippen molar-refractivity contribution < 1.29 is 4.79 Å². The van der Waals surface area contributed by atoms with Crippen molar-refractivity contribution in [2.45, 2.75) is 31.6 Å². The molecule has 1 aliphatic carbocycles. The van der Waals surface area contributed by atoms with Gasteiger partial charge in [0.1, 0.15) is 0 Å². The highest BCUT2D eigenvalue weighted by Gasteiger charge is 2.30. The summed E-state index contributed by atoms with van der Waals surface area (Å²) >= 11 is 0. The van der Waals surface area contributed by atoms with Crippen LogP contribution in [0.3, 0.4) is 0 Å². The molecule has 4 rings (SSSR count). The van der Waals surface area contributed by atoms with E-state index in [0.29, 0.717) is 0 Å². The molecule has 1 unspecified atom stereocenters. The number of aromatic nitrogens is 1. The SMILES string of the molecule is O=C(c1ccc2c(c1)CCCN2)C1CCc2cccnc21. The van der Waals surface area contributed by atoms with E-state index >= 15 is 0 Å². The highest BCUT2D eigenvalue weighted by atomic mass is 16.1. The number of carbonyl (C=O) groups is 1. The standard InChI is InChI=1S/C18H18N2O/c21-18(15-7-5-12-3-1-10-20-17(12)15)14-6-8-16-13(11-14)4-2-9-19-16/h1,3,6,8,10-11,15,19H,2,4-5,7,9H2. The van der Waals surface area contributed by atoms with Crippen molar-refractivity contribution in [2.24, 2.45) is 0 Å². The molecule has 0 amide bonds. The van der Waals surface area contributed by atoms with Crippen LogP contribution in [-0.4, -0.2) is 17.3 Å². The van der Waals surface area contributed by atoms with Gasteiger partial charge in [-0.1, -0.05) is 6.07 Å². The van der Waals surface area contributed by atoms with Gasteiger partial charge in [-0.15, -0.1) is 0 Å². The zero-order chi connectivity index (χ0) is 14.2. The number of anilines is 1. The first kappa shape index (κ1) is 12.6. The number of aryl methyl sites for hydroxylation is 2. The molecule has 0 radical (unpaired) electrons.